The lowest BCUT2D eigenvalue weighted by Crippen LogP contribution is -2.48. The number of hydrogen-bond acceptors (Lipinski definition) is 3. The minimum Gasteiger partial charge on any atom is -0.480 e. The number of ether oxygens (including phenoxy) is 1. The number of aliphatic carboxylic acids is 1. The van der Waals surface area contributed by atoms with Gasteiger partial charge in [-0.2, -0.15) is 0 Å². The van der Waals surface area contributed by atoms with Crippen LogP contribution < -0.4 is 0 Å². The lowest BCUT2D eigenvalue weighted by atomic mass is 9.99. The van der Waals surface area contributed by atoms with E-state index in [-0.39, 0.29) is 11.8 Å². The van der Waals surface area contributed by atoms with Gasteiger partial charge in [0.05, 0.1) is 0 Å². The van der Waals surface area contributed by atoms with Crippen LogP contribution in [-0.4, -0.2) is 47.7 Å². The van der Waals surface area contributed by atoms with Crippen LogP contribution in [0.4, 0.5) is 0 Å². The van der Waals surface area contributed by atoms with Crippen molar-refractivity contribution in [2.45, 2.75) is 38.1 Å². The van der Waals surface area contributed by atoms with Crippen molar-refractivity contribution in [3.63, 3.8) is 0 Å². The van der Waals surface area contributed by atoms with E-state index >= 15 is 0 Å². The highest BCUT2D eigenvalue weighted by Crippen LogP contribution is 2.22. The normalized spacial score (nSPS) is 29.3. The number of carboxylic acids is 1. The third-order valence-corrected chi connectivity index (χ3v) is 3.60. The van der Waals surface area contributed by atoms with Crippen LogP contribution >= 0.6 is 0 Å². The first-order valence-electron chi connectivity index (χ1n) is 6.28. The highest BCUT2D eigenvalue weighted by atomic mass is 16.5. The largest absolute Gasteiger partial charge is 0.480 e. The second-order valence-electron chi connectivity index (χ2n) is 4.87. The molecule has 2 rings (SSSR count). The zero-order chi connectivity index (χ0) is 12.3. The number of carbonyl (C=O) groups excluding carboxylic acids is 1. The summed E-state index contributed by atoms with van der Waals surface area (Å²) < 4.78 is 5.23. The molecular formula is C12H19NO4. The van der Waals surface area contributed by atoms with Crippen LogP contribution in [0.25, 0.3) is 0 Å². The SMILES string of the molecule is O=C(O)[C@H]1CCCCN1C(=O)C[C@@H]1CCOC1. The molecule has 0 aromatic rings. The quantitative estimate of drug-likeness (QED) is 0.796. The van der Waals surface area contributed by atoms with Crippen molar-refractivity contribution < 1.29 is 19.4 Å². The van der Waals surface area contributed by atoms with Crippen LogP contribution in [0.15, 0.2) is 0 Å². The Morgan fingerprint density at radius 3 is 2.76 bits per heavy atom. The summed E-state index contributed by atoms with van der Waals surface area (Å²) in [4.78, 5) is 24.7. The minimum absolute atomic E-state index is 0.0207. The number of nitrogens with zero attached hydrogens (tertiary/aromatic N) is 1. The predicted octanol–water partition coefficient (Wildman–Crippen LogP) is 0.879. The van der Waals surface area contributed by atoms with Gasteiger partial charge in [-0.15, -0.1) is 0 Å². The van der Waals surface area contributed by atoms with Crippen molar-refractivity contribution in [2.24, 2.45) is 5.92 Å². The van der Waals surface area contributed by atoms with Crippen LogP contribution in [0.5, 0.6) is 0 Å². The Morgan fingerprint density at radius 2 is 2.12 bits per heavy atom. The molecule has 0 spiro atoms. The molecule has 5 nitrogen and oxygen atoms in total. The Balaban J connectivity index is 1.93. The summed E-state index contributed by atoms with van der Waals surface area (Å²) in [6, 6.07) is -0.612. The molecule has 0 radical (unpaired) electrons. The van der Waals surface area contributed by atoms with E-state index in [4.69, 9.17) is 9.84 Å². The molecule has 0 saturated carbocycles. The number of piperidine rings is 1. The van der Waals surface area contributed by atoms with Crippen molar-refractivity contribution >= 4 is 11.9 Å². The van der Waals surface area contributed by atoms with Crippen LogP contribution in [0.2, 0.25) is 0 Å². The Bertz CT molecular complexity index is 299. The first-order valence-corrected chi connectivity index (χ1v) is 6.28. The first kappa shape index (κ1) is 12.4. The smallest absolute Gasteiger partial charge is 0.326 e. The molecule has 1 amide bonds. The van der Waals surface area contributed by atoms with E-state index in [2.05, 4.69) is 0 Å². The van der Waals surface area contributed by atoms with Gasteiger partial charge in [-0.3, -0.25) is 4.79 Å². The highest BCUT2D eigenvalue weighted by Gasteiger charge is 2.33. The summed E-state index contributed by atoms with van der Waals surface area (Å²) in [7, 11) is 0. The molecule has 0 bridgehead atoms. The van der Waals surface area contributed by atoms with Gasteiger partial charge in [0, 0.05) is 26.2 Å². The summed E-state index contributed by atoms with van der Waals surface area (Å²) >= 11 is 0. The van der Waals surface area contributed by atoms with E-state index < -0.39 is 12.0 Å². The fourth-order valence-corrected chi connectivity index (χ4v) is 2.60. The van der Waals surface area contributed by atoms with Crippen molar-refractivity contribution in [3.8, 4) is 0 Å². The minimum atomic E-state index is -0.874. The lowest BCUT2D eigenvalue weighted by Gasteiger charge is -2.33. The molecule has 2 saturated heterocycles. The van der Waals surface area contributed by atoms with E-state index in [0.717, 1.165) is 25.9 Å². The third-order valence-electron chi connectivity index (χ3n) is 3.60. The molecule has 0 aliphatic carbocycles. The molecule has 0 aromatic carbocycles. The Hall–Kier alpha value is -1.10. The average Bonchev–Trinajstić information content (AvgIpc) is 2.81. The van der Waals surface area contributed by atoms with Gasteiger partial charge < -0.3 is 14.7 Å². The Morgan fingerprint density at radius 1 is 1.29 bits per heavy atom. The second kappa shape index (κ2) is 5.49. The maximum absolute atomic E-state index is 12.1. The standard InChI is InChI=1S/C12H19NO4/c14-11(7-9-4-6-17-8-9)13-5-2-1-3-10(13)12(15)16/h9-10H,1-8H2,(H,15,16)/t9-,10+/m0/s1. The highest BCUT2D eigenvalue weighted by molar-refractivity contribution is 5.84. The molecule has 0 aromatic heterocycles. The monoisotopic (exact) mass is 241 g/mol. The van der Waals surface area contributed by atoms with E-state index in [1.54, 1.807) is 4.90 Å². The van der Waals surface area contributed by atoms with Crippen LogP contribution in [0, 0.1) is 5.92 Å². The van der Waals surface area contributed by atoms with Gasteiger partial charge in [-0.25, -0.2) is 4.79 Å². The molecular weight excluding hydrogens is 222 g/mol. The molecule has 2 aliphatic rings. The Kier molecular flexibility index (Phi) is 3.99. The van der Waals surface area contributed by atoms with Gasteiger partial charge in [0.1, 0.15) is 6.04 Å². The molecule has 1 N–H and O–H groups in total. The van der Waals surface area contributed by atoms with Gasteiger partial charge in [0.2, 0.25) is 5.91 Å². The lowest BCUT2D eigenvalue weighted by molar-refractivity contribution is -0.152. The van der Waals surface area contributed by atoms with E-state index in [1.807, 2.05) is 0 Å². The fraction of sp³-hybridized carbons (Fsp3) is 0.833. The van der Waals surface area contributed by atoms with E-state index in [1.165, 1.54) is 0 Å². The Labute approximate surface area is 101 Å². The molecule has 96 valence electrons. The average molecular weight is 241 g/mol. The summed E-state index contributed by atoms with van der Waals surface area (Å²) in [5.74, 6) is -0.618. The maximum atomic E-state index is 12.1. The molecule has 17 heavy (non-hydrogen) atoms. The summed E-state index contributed by atoms with van der Waals surface area (Å²) in [5.41, 5.74) is 0. The van der Waals surface area contributed by atoms with Gasteiger partial charge in [0.25, 0.3) is 0 Å². The van der Waals surface area contributed by atoms with Crippen LogP contribution in [0.3, 0.4) is 0 Å². The van der Waals surface area contributed by atoms with Gasteiger partial charge >= 0.3 is 5.97 Å². The number of hydrogen-bond donors (Lipinski definition) is 1. The molecule has 2 heterocycles. The summed E-state index contributed by atoms with van der Waals surface area (Å²) in [6.45, 7) is 1.95. The predicted molar refractivity (Wildman–Crippen MR) is 60.5 cm³/mol. The number of rotatable bonds is 3. The first-order chi connectivity index (χ1) is 8.18. The number of amides is 1. The summed E-state index contributed by atoms with van der Waals surface area (Å²) in [5, 5.41) is 9.10. The van der Waals surface area contributed by atoms with Crippen molar-refractivity contribution in [1.29, 1.82) is 0 Å². The van der Waals surface area contributed by atoms with Gasteiger partial charge in [-0.05, 0) is 31.6 Å². The maximum Gasteiger partial charge on any atom is 0.326 e. The van der Waals surface area contributed by atoms with Gasteiger partial charge in [0.15, 0.2) is 0 Å². The molecule has 5 heteroatoms. The van der Waals surface area contributed by atoms with Crippen LogP contribution in [0.1, 0.15) is 32.1 Å². The zero-order valence-corrected chi connectivity index (χ0v) is 9.93. The van der Waals surface area contributed by atoms with Crippen LogP contribution in [-0.2, 0) is 14.3 Å². The molecule has 2 atom stereocenters. The van der Waals surface area contributed by atoms with Crippen molar-refractivity contribution in [2.75, 3.05) is 19.8 Å². The van der Waals surface area contributed by atoms with E-state index in [0.29, 0.717) is 26.0 Å². The third kappa shape index (κ3) is 2.97. The molecule has 2 fully saturated rings. The molecule has 0 unspecified atom stereocenters. The second-order valence-corrected chi connectivity index (χ2v) is 4.87. The number of likely N-dealkylation sites (tertiary alicyclic amines) is 1. The zero-order valence-electron chi connectivity index (χ0n) is 9.93. The topological polar surface area (TPSA) is 66.8 Å². The van der Waals surface area contributed by atoms with E-state index in [9.17, 15) is 9.59 Å². The number of carbonyl (C=O) groups is 2. The van der Waals surface area contributed by atoms with Gasteiger partial charge in [-0.1, -0.05) is 0 Å². The number of carboxylic acid groups (broad SMARTS) is 1. The fourth-order valence-electron chi connectivity index (χ4n) is 2.60. The molecule has 2 aliphatic heterocycles. The van der Waals surface area contributed by atoms with Crippen molar-refractivity contribution in [3.05, 3.63) is 0 Å². The summed E-state index contributed by atoms with van der Waals surface area (Å²) in [6.07, 6.45) is 3.74. The van der Waals surface area contributed by atoms with Crippen molar-refractivity contribution in [1.82, 2.24) is 4.90 Å².